The SMILES string of the molecule is Cn1nnnc1NC1CC2CCCC21. The summed E-state index contributed by atoms with van der Waals surface area (Å²) in [4.78, 5) is 0. The molecule has 3 unspecified atom stereocenters. The van der Waals surface area contributed by atoms with Crippen LogP contribution in [0.25, 0.3) is 0 Å². The molecule has 5 nitrogen and oxygen atoms in total. The predicted molar refractivity (Wildman–Crippen MR) is 51.7 cm³/mol. The van der Waals surface area contributed by atoms with E-state index in [0.29, 0.717) is 6.04 Å². The lowest BCUT2D eigenvalue weighted by molar-refractivity contribution is 0.187. The van der Waals surface area contributed by atoms with E-state index in [1.165, 1.54) is 25.7 Å². The van der Waals surface area contributed by atoms with Crippen LogP contribution in [0, 0.1) is 11.8 Å². The number of aryl methyl sites for hydroxylation is 1. The minimum absolute atomic E-state index is 0.618. The van der Waals surface area contributed by atoms with Gasteiger partial charge >= 0.3 is 0 Å². The molecular weight excluding hydrogens is 178 g/mol. The third kappa shape index (κ3) is 1.11. The Kier molecular flexibility index (Phi) is 1.72. The number of tetrazole rings is 1. The number of fused-ring (bicyclic) bond motifs is 1. The fourth-order valence-electron chi connectivity index (χ4n) is 2.88. The quantitative estimate of drug-likeness (QED) is 0.755. The fourth-order valence-corrected chi connectivity index (χ4v) is 2.88. The molecule has 1 heterocycles. The van der Waals surface area contributed by atoms with Crippen molar-refractivity contribution >= 4 is 5.95 Å². The molecule has 0 saturated heterocycles. The van der Waals surface area contributed by atoms with Crippen LogP contribution in [0.3, 0.4) is 0 Å². The minimum Gasteiger partial charge on any atom is -0.350 e. The van der Waals surface area contributed by atoms with Gasteiger partial charge in [0.15, 0.2) is 0 Å². The molecule has 0 radical (unpaired) electrons. The summed E-state index contributed by atoms with van der Waals surface area (Å²) in [7, 11) is 1.87. The van der Waals surface area contributed by atoms with Gasteiger partial charge in [-0.1, -0.05) is 17.9 Å². The van der Waals surface area contributed by atoms with Gasteiger partial charge in [0.2, 0.25) is 5.95 Å². The topological polar surface area (TPSA) is 55.6 Å². The van der Waals surface area contributed by atoms with Crippen LogP contribution in [0.2, 0.25) is 0 Å². The number of nitrogens with one attached hydrogen (secondary N) is 1. The van der Waals surface area contributed by atoms with E-state index >= 15 is 0 Å². The first-order valence-electron chi connectivity index (χ1n) is 5.33. The standard InChI is InChI=1S/C9H15N5/c1-14-9(11-12-13-14)10-8-5-6-3-2-4-7(6)8/h6-8H,2-5H2,1H3,(H,10,11,13). The van der Waals surface area contributed by atoms with Gasteiger partial charge in [-0.3, -0.25) is 0 Å². The molecule has 1 aromatic heterocycles. The lowest BCUT2D eigenvalue weighted by atomic mass is 9.71. The Morgan fingerprint density at radius 1 is 1.43 bits per heavy atom. The van der Waals surface area contributed by atoms with Crippen LogP contribution < -0.4 is 5.32 Å². The van der Waals surface area contributed by atoms with Crippen LogP contribution in [0.5, 0.6) is 0 Å². The van der Waals surface area contributed by atoms with Crippen LogP contribution in [0.1, 0.15) is 25.7 Å². The van der Waals surface area contributed by atoms with E-state index in [4.69, 9.17) is 0 Å². The molecule has 0 amide bonds. The van der Waals surface area contributed by atoms with Crippen LogP contribution in [0.15, 0.2) is 0 Å². The number of rotatable bonds is 2. The average molecular weight is 193 g/mol. The van der Waals surface area contributed by atoms with E-state index < -0.39 is 0 Å². The Bertz CT molecular complexity index is 334. The molecule has 2 saturated carbocycles. The normalized spacial score (nSPS) is 35.1. The molecule has 1 aromatic rings. The highest BCUT2D eigenvalue weighted by molar-refractivity contribution is 5.26. The molecule has 2 aliphatic carbocycles. The highest BCUT2D eigenvalue weighted by Gasteiger charge is 2.43. The molecule has 0 aliphatic heterocycles. The lowest BCUT2D eigenvalue weighted by Crippen LogP contribution is -2.43. The summed E-state index contributed by atoms with van der Waals surface area (Å²) in [5.41, 5.74) is 0. The molecule has 1 N–H and O–H groups in total. The smallest absolute Gasteiger partial charge is 0.242 e. The molecule has 2 fully saturated rings. The third-order valence-electron chi connectivity index (χ3n) is 3.73. The first kappa shape index (κ1) is 8.20. The van der Waals surface area contributed by atoms with Crippen molar-refractivity contribution in [3.8, 4) is 0 Å². The second kappa shape index (κ2) is 2.93. The largest absolute Gasteiger partial charge is 0.350 e. The van der Waals surface area contributed by atoms with Crippen molar-refractivity contribution in [1.82, 2.24) is 20.2 Å². The molecule has 0 spiro atoms. The van der Waals surface area contributed by atoms with E-state index in [1.54, 1.807) is 4.68 Å². The highest BCUT2D eigenvalue weighted by atomic mass is 15.6. The zero-order chi connectivity index (χ0) is 9.54. The lowest BCUT2D eigenvalue weighted by Gasteiger charge is -2.40. The van der Waals surface area contributed by atoms with Crippen LogP contribution >= 0.6 is 0 Å². The van der Waals surface area contributed by atoms with Crippen molar-refractivity contribution in [1.29, 1.82) is 0 Å². The van der Waals surface area contributed by atoms with Gasteiger partial charge < -0.3 is 5.32 Å². The number of anilines is 1. The Balaban J connectivity index is 1.66. The molecule has 3 atom stereocenters. The fraction of sp³-hybridized carbons (Fsp3) is 0.889. The Hall–Kier alpha value is -1.13. The van der Waals surface area contributed by atoms with Gasteiger partial charge in [-0.15, -0.1) is 0 Å². The number of nitrogens with zero attached hydrogens (tertiary/aromatic N) is 4. The zero-order valence-electron chi connectivity index (χ0n) is 8.35. The molecular formula is C9H15N5. The summed E-state index contributed by atoms with van der Waals surface area (Å²) < 4.78 is 1.70. The minimum atomic E-state index is 0.618. The third-order valence-corrected chi connectivity index (χ3v) is 3.73. The molecule has 3 rings (SSSR count). The maximum absolute atomic E-state index is 3.94. The van der Waals surface area contributed by atoms with Crippen molar-refractivity contribution in [2.45, 2.75) is 31.7 Å². The maximum Gasteiger partial charge on any atom is 0.242 e. The van der Waals surface area contributed by atoms with Crippen LogP contribution in [-0.2, 0) is 7.05 Å². The number of aromatic nitrogens is 4. The Morgan fingerprint density at radius 3 is 3.07 bits per heavy atom. The van der Waals surface area contributed by atoms with E-state index in [1.807, 2.05) is 7.05 Å². The summed E-state index contributed by atoms with van der Waals surface area (Å²) in [6.07, 6.45) is 5.52. The van der Waals surface area contributed by atoms with Crippen molar-refractivity contribution in [3.05, 3.63) is 0 Å². The van der Waals surface area contributed by atoms with Crippen molar-refractivity contribution in [2.24, 2.45) is 18.9 Å². The van der Waals surface area contributed by atoms with Gasteiger partial charge in [-0.25, -0.2) is 4.68 Å². The average Bonchev–Trinajstić information content (AvgIpc) is 2.69. The molecule has 0 aromatic carbocycles. The van der Waals surface area contributed by atoms with Gasteiger partial charge in [0.05, 0.1) is 0 Å². The van der Waals surface area contributed by atoms with Gasteiger partial charge in [0.25, 0.3) is 0 Å². The Labute approximate surface area is 82.9 Å². The molecule has 5 heteroatoms. The summed E-state index contributed by atoms with van der Waals surface area (Å²) in [6, 6.07) is 0.618. The maximum atomic E-state index is 3.94. The summed E-state index contributed by atoms with van der Waals surface area (Å²) in [5.74, 6) is 2.67. The van der Waals surface area contributed by atoms with E-state index in [-0.39, 0.29) is 0 Å². The zero-order valence-corrected chi connectivity index (χ0v) is 8.35. The highest BCUT2D eigenvalue weighted by Crippen LogP contribution is 2.47. The summed E-state index contributed by atoms with van der Waals surface area (Å²) in [6.45, 7) is 0. The molecule has 76 valence electrons. The number of hydrogen-bond acceptors (Lipinski definition) is 4. The van der Waals surface area contributed by atoms with E-state index in [2.05, 4.69) is 20.8 Å². The molecule has 0 bridgehead atoms. The first-order chi connectivity index (χ1) is 6.84. The second-order valence-corrected chi connectivity index (χ2v) is 4.47. The Morgan fingerprint density at radius 2 is 2.36 bits per heavy atom. The summed E-state index contributed by atoms with van der Waals surface area (Å²) >= 11 is 0. The van der Waals surface area contributed by atoms with Crippen LogP contribution in [0.4, 0.5) is 5.95 Å². The van der Waals surface area contributed by atoms with Gasteiger partial charge in [0.1, 0.15) is 0 Å². The summed E-state index contributed by atoms with van der Waals surface area (Å²) in [5, 5.41) is 14.8. The van der Waals surface area contributed by atoms with Gasteiger partial charge in [-0.05, 0) is 35.1 Å². The monoisotopic (exact) mass is 193 g/mol. The predicted octanol–water partition coefficient (Wildman–Crippen LogP) is 0.811. The molecule has 14 heavy (non-hydrogen) atoms. The van der Waals surface area contributed by atoms with E-state index in [9.17, 15) is 0 Å². The van der Waals surface area contributed by atoms with Crippen LogP contribution in [-0.4, -0.2) is 26.2 Å². The first-order valence-corrected chi connectivity index (χ1v) is 5.33. The van der Waals surface area contributed by atoms with Crippen molar-refractivity contribution in [2.75, 3.05) is 5.32 Å². The van der Waals surface area contributed by atoms with Gasteiger partial charge in [0, 0.05) is 13.1 Å². The van der Waals surface area contributed by atoms with Gasteiger partial charge in [-0.2, -0.15) is 0 Å². The second-order valence-electron chi connectivity index (χ2n) is 4.47. The van der Waals surface area contributed by atoms with Crippen molar-refractivity contribution in [3.63, 3.8) is 0 Å². The number of hydrogen-bond donors (Lipinski definition) is 1. The molecule has 2 aliphatic rings. The van der Waals surface area contributed by atoms with E-state index in [0.717, 1.165) is 17.8 Å². The van der Waals surface area contributed by atoms with Crippen molar-refractivity contribution < 1.29 is 0 Å².